The molecule has 2 atom stereocenters. The van der Waals surface area contributed by atoms with Crippen molar-refractivity contribution < 1.29 is 44.0 Å². The van der Waals surface area contributed by atoms with Gasteiger partial charge in [-0.15, -0.1) is 0 Å². The van der Waals surface area contributed by atoms with Crippen LogP contribution >= 0.6 is 0 Å². The van der Waals surface area contributed by atoms with E-state index >= 15 is 0 Å². The second kappa shape index (κ2) is 22.3. The first-order valence-corrected chi connectivity index (χ1v) is 12.4. The normalized spacial score (nSPS) is 12.1. The van der Waals surface area contributed by atoms with E-state index in [2.05, 4.69) is 18.6 Å². The van der Waals surface area contributed by atoms with Gasteiger partial charge in [0.05, 0.1) is 31.6 Å². The zero-order valence-electron chi connectivity index (χ0n) is 21.1. The molecule has 0 spiro atoms. The van der Waals surface area contributed by atoms with Crippen LogP contribution in [0, 0.1) is 11.8 Å². The third kappa shape index (κ3) is 25.8. The maximum atomic E-state index is 10.7. The van der Waals surface area contributed by atoms with Gasteiger partial charge in [-0.2, -0.15) is 0 Å². The quantitative estimate of drug-likeness (QED) is 0.122. The average molecular weight is 489 g/mol. The molecule has 0 aliphatic carbocycles. The first kappa shape index (κ1) is 33.7. The summed E-state index contributed by atoms with van der Waals surface area (Å²) in [4.78, 5) is 52.2. The van der Waals surface area contributed by atoms with Crippen LogP contribution in [0.3, 0.4) is 0 Å². The molecular formula is C25H44O9. The minimum Gasteiger partial charge on any atom is -0.481 e. The lowest BCUT2D eigenvalue weighted by molar-refractivity contribution is -0.162. The Morgan fingerprint density at radius 3 is 1.44 bits per heavy atom. The highest BCUT2D eigenvalue weighted by Gasteiger charge is 2.13. The Labute approximate surface area is 203 Å². The minimum atomic E-state index is -1.18. The molecule has 2 unspecified atom stereocenters. The number of esters is 2. The van der Waals surface area contributed by atoms with Gasteiger partial charge in [0, 0.05) is 0 Å². The molecule has 9 heteroatoms. The van der Waals surface area contributed by atoms with Crippen molar-refractivity contribution in [1.82, 2.24) is 0 Å². The maximum Gasteiger partial charge on any atom is 0.314 e. The number of carboxylic acid groups (broad SMARTS) is 3. The van der Waals surface area contributed by atoms with E-state index in [4.69, 9.17) is 15.3 Å². The molecule has 0 aromatic carbocycles. The fourth-order valence-corrected chi connectivity index (χ4v) is 3.12. The monoisotopic (exact) mass is 488 g/mol. The predicted molar refractivity (Wildman–Crippen MR) is 127 cm³/mol. The Kier molecular flexibility index (Phi) is 22.2. The van der Waals surface area contributed by atoms with Gasteiger partial charge in [0.1, 0.15) is 0 Å². The van der Waals surface area contributed by atoms with Crippen LogP contribution in [0.25, 0.3) is 0 Å². The van der Waals surface area contributed by atoms with Crippen molar-refractivity contribution in [2.24, 2.45) is 11.8 Å². The van der Waals surface area contributed by atoms with E-state index < -0.39 is 55.5 Å². The summed E-state index contributed by atoms with van der Waals surface area (Å²) in [5.74, 6) is -4.20. The zero-order valence-corrected chi connectivity index (χ0v) is 21.1. The van der Waals surface area contributed by atoms with Gasteiger partial charge in [-0.1, -0.05) is 85.0 Å². The van der Waals surface area contributed by atoms with Gasteiger partial charge in [0.25, 0.3) is 0 Å². The van der Waals surface area contributed by atoms with Gasteiger partial charge < -0.3 is 20.1 Å². The lowest BCUT2D eigenvalue weighted by Gasteiger charge is -2.10. The molecule has 0 saturated carbocycles. The molecule has 34 heavy (non-hydrogen) atoms. The Morgan fingerprint density at radius 2 is 1.03 bits per heavy atom. The van der Waals surface area contributed by atoms with Gasteiger partial charge in [-0.3, -0.25) is 24.0 Å². The summed E-state index contributed by atoms with van der Waals surface area (Å²) >= 11 is 0. The largest absolute Gasteiger partial charge is 0.481 e. The molecule has 0 aromatic heterocycles. The number of hydrogen-bond donors (Lipinski definition) is 3. The Balaban J connectivity index is 0. The number of carbonyl (C=O) groups is 5. The van der Waals surface area contributed by atoms with Gasteiger partial charge in [-0.25, -0.2) is 0 Å². The smallest absolute Gasteiger partial charge is 0.314 e. The molecular weight excluding hydrogens is 444 g/mol. The summed E-state index contributed by atoms with van der Waals surface area (Å²) in [6.45, 7) is 6.45. The second-order valence-electron chi connectivity index (χ2n) is 8.82. The molecule has 0 amide bonds. The van der Waals surface area contributed by atoms with Gasteiger partial charge >= 0.3 is 29.8 Å². The van der Waals surface area contributed by atoms with E-state index in [0.717, 1.165) is 18.8 Å². The second-order valence-corrected chi connectivity index (χ2v) is 8.82. The minimum absolute atomic E-state index is 0.167. The lowest BCUT2D eigenvalue weighted by Crippen LogP contribution is -2.14. The highest BCUT2D eigenvalue weighted by atomic mass is 16.6. The van der Waals surface area contributed by atoms with Crippen LogP contribution in [0.4, 0.5) is 0 Å². The van der Waals surface area contributed by atoms with Crippen molar-refractivity contribution in [2.45, 2.75) is 117 Å². The molecule has 0 fully saturated rings. The molecule has 0 heterocycles. The predicted octanol–water partition coefficient (Wildman–Crippen LogP) is 5.44. The maximum absolute atomic E-state index is 10.7. The fourth-order valence-electron chi connectivity index (χ4n) is 3.12. The van der Waals surface area contributed by atoms with Crippen LogP contribution in [-0.2, 0) is 28.7 Å². The number of aliphatic carboxylic acids is 3. The van der Waals surface area contributed by atoms with E-state index in [1.54, 1.807) is 6.92 Å². The Morgan fingerprint density at radius 1 is 0.618 bits per heavy atom. The summed E-state index contributed by atoms with van der Waals surface area (Å²) in [5.41, 5.74) is 0. The summed E-state index contributed by atoms with van der Waals surface area (Å²) < 4.78 is 4.15. The van der Waals surface area contributed by atoms with E-state index in [-0.39, 0.29) is 5.92 Å². The van der Waals surface area contributed by atoms with Crippen LogP contribution in [0.5, 0.6) is 0 Å². The third-order valence-corrected chi connectivity index (χ3v) is 5.37. The summed E-state index contributed by atoms with van der Waals surface area (Å²) in [7, 11) is 0. The number of carbonyl (C=O) groups excluding carboxylic acids is 2. The first-order chi connectivity index (χ1) is 16.0. The third-order valence-electron chi connectivity index (χ3n) is 5.37. The van der Waals surface area contributed by atoms with E-state index in [9.17, 15) is 24.0 Å². The molecule has 0 rings (SSSR count). The molecule has 0 radical (unpaired) electrons. The number of hydrogen-bond acceptors (Lipinski definition) is 6. The molecule has 0 aliphatic rings. The molecule has 0 aromatic rings. The van der Waals surface area contributed by atoms with Crippen molar-refractivity contribution in [3.63, 3.8) is 0 Å². The molecule has 0 aliphatic heterocycles. The number of ether oxygens (including phenoxy) is 1. The molecule has 9 nitrogen and oxygen atoms in total. The Hall–Kier alpha value is -2.45. The SMILES string of the molecule is CCCCC(C)CCCCCCCCC(C)C(=O)O.O=C(O)CCC(=O)OC(=O)CCC(=O)O. The number of rotatable bonds is 19. The van der Waals surface area contributed by atoms with Crippen LogP contribution < -0.4 is 0 Å². The van der Waals surface area contributed by atoms with Crippen LogP contribution in [-0.4, -0.2) is 45.2 Å². The molecule has 198 valence electrons. The van der Waals surface area contributed by atoms with Gasteiger partial charge in [0.2, 0.25) is 0 Å². The Bertz CT molecular complexity index is 573. The van der Waals surface area contributed by atoms with Gasteiger partial charge in [0.15, 0.2) is 0 Å². The zero-order chi connectivity index (χ0) is 26.4. The highest BCUT2D eigenvalue weighted by molar-refractivity contribution is 5.88. The fraction of sp³-hybridized carbons (Fsp3) is 0.800. The standard InChI is InChI=1S/C17H34O2.C8H10O7/c1-4-5-12-15(2)13-10-8-6-7-9-11-14-16(3)17(18)19;9-5(10)1-3-7(13)15-8(14)4-2-6(11)12/h15-16H,4-14H2,1-3H3,(H,18,19);1-4H2,(H,9,10)(H,11,12). The summed E-state index contributed by atoms with van der Waals surface area (Å²) in [5, 5.41) is 25.2. The lowest BCUT2D eigenvalue weighted by atomic mass is 9.96. The topological polar surface area (TPSA) is 155 Å². The van der Waals surface area contributed by atoms with Crippen molar-refractivity contribution in [3.8, 4) is 0 Å². The first-order valence-electron chi connectivity index (χ1n) is 12.4. The van der Waals surface area contributed by atoms with Crippen molar-refractivity contribution in [1.29, 1.82) is 0 Å². The van der Waals surface area contributed by atoms with Crippen LogP contribution in [0.2, 0.25) is 0 Å². The number of unbranched alkanes of at least 4 members (excludes halogenated alkanes) is 6. The molecule has 0 saturated heterocycles. The van der Waals surface area contributed by atoms with Crippen LogP contribution in [0.15, 0.2) is 0 Å². The average Bonchev–Trinajstić information content (AvgIpc) is 2.76. The van der Waals surface area contributed by atoms with E-state index in [0.29, 0.717) is 0 Å². The summed E-state index contributed by atoms with van der Waals surface area (Å²) in [6.07, 6.45) is 12.2. The number of carboxylic acids is 3. The van der Waals surface area contributed by atoms with E-state index in [1.165, 1.54) is 57.8 Å². The van der Waals surface area contributed by atoms with Crippen LogP contribution in [0.1, 0.15) is 117 Å². The highest BCUT2D eigenvalue weighted by Crippen LogP contribution is 2.17. The molecule has 3 N–H and O–H groups in total. The van der Waals surface area contributed by atoms with Crippen molar-refractivity contribution in [3.05, 3.63) is 0 Å². The van der Waals surface area contributed by atoms with Crippen molar-refractivity contribution >= 4 is 29.8 Å². The van der Waals surface area contributed by atoms with Crippen molar-refractivity contribution in [2.75, 3.05) is 0 Å². The molecule has 0 bridgehead atoms. The summed E-state index contributed by atoms with van der Waals surface area (Å²) in [6, 6.07) is 0. The van der Waals surface area contributed by atoms with E-state index in [1.807, 2.05) is 0 Å². The van der Waals surface area contributed by atoms with Gasteiger partial charge in [-0.05, 0) is 12.3 Å².